The molecule has 0 saturated heterocycles. The molecular formula is C11H17BrN2OS. The molecule has 1 N–H and O–H groups in total. The largest absolute Gasteiger partial charge is 0.355 e. The zero-order chi connectivity index (χ0) is 12.1. The van der Waals surface area contributed by atoms with Crippen LogP contribution in [0.2, 0.25) is 0 Å². The number of rotatable bonds is 5. The molecule has 3 nitrogen and oxygen atoms in total. The molecule has 0 bridgehead atoms. The maximum atomic E-state index is 11.6. The molecule has 0 spiro atoms. The molecule has 1 rings (SSSR count). The Kier molecular flexibility index (Phi) is 5.41. The van der Waals surface area contributed by atoms with Crippen molar-refractivity contribution >= 4 is 33.2 Å². The van der Waals surface area contributed by atoms with Gasteiger partial charge in [-0.1, -0.05) is 29.8 Å². The molecule has 0 aliphatic heterocycles. The number of hydrogen-bond donors (Lipinski definition) is 1. The van der Waals surface area contributed by atoms with Gasteiger partial charge in [0.2, 0.25) is 5.91 Å². The highest BCUT2D eigenvalue weighted by Crippen LogP contribution is 2.12. The third-order valence-corrected chi connectivity index (χ3v) is 4.48. The number of thiazole rings is 1. The van der Waals surface area contributed by atoms with Gasteiger partial charge in [-0.2, -0.15) is 0 Å². The number of aromatic nitrogens is 1. The molecule has 0 saturated carbocycles. The summed E-state index contributed by atoms with van der Waals surface area (Å²) in [5, 5.41) is 6.01. The molecule has 1 amide bonds. The van der Waals surface area contributed by atoms with Crippen molar-refractivity contribution in [1.82, 2.24) is 10.3 Å². The monoisotopic (exact) mass is 304 g/mol. The normalized spacial score (nSPS) is 12.8. The summed E-state index contributed by atoms with van der Waals surface area (Å²) < 4.78 is 0. The predicted octanol–water partition coefficient (Wildman–Crippen LogP) is 2.53. The van der Waals surface area contributed by atoms with Crippen LogP contribution < -0.4 is 5.32 Å². The highest BCUT2D eigenvalue weighted by Gasteiger charge is 2.17. The van der Waals surface area contributed by atoms with Crippen LogP contribution in [0.4, 0.5) is 0 Å². The summed E-state index contributed by atoms with van der Waals surface area (Å²) in [6.07, 6.45) is 0.799. The predicted molar refractivity (Wildman–Crippen MR) is 71.1 cm³/mol. The fourth-order valence-corrected chi connectivity index (χ4v) is 2.05. The molecular weight excluding hydrogens is 288 g/mol. The van der Waals surface area contributed by atoms with E-state index >= 15 is 0 Å². The van der Waals surface area contributed by atoms with Crippen LogP contribution in [-0.2, 0) is 11.2 Å². The van der Waals surface area contributed by atoms with E-state index in [4.69, 9.17) is 0 Å². The van der Waals surface area contributed by atoms with E-state index < -0.39 is 0 Å². The van der Waals surface area contributed by atoms with Crippen LogP contribution in [-0.4, -0.2) is 22.3 Å². The lowest BCUT2D eigenvalue weighted by Gasteiger charge is -2.13. The van der Waals surface area contributed by atoms with Crippen LogP contribution in [0.1, 0.15) is 24.5 Å². The topological polar surface area (TPSA) is 42.0 Å². The first-order chi connectivity index (χ1) is 7.50. The highest BCUT2D eigenvalue weighted by atomic mass is 79.9. The number of aryl methyl sites for hydroxylation is 1. The quantitative estimate of drug-likeness (QED) is 0.849. The molecule has 0 aromatic carbocycles. The summed E-state index contributed by atoms with van der Waals surface area (Å²) in [6, 6.07) is 0. The Labute approximate surface area is 109 Å². The summed E-state index contributed by atoms with van der Waals surface area (Å²) in [5.41, 5.74) is 1.05. The average molecular weight is 305 g/mol. The van der Waals surface area contributed by atoms with Gasteiger partial charge in [0.15, 0.2) is 0 Å². The summed E-state index contributed by atoms with van der Waals surface area (Å²) in [6.45, 7) is 6.67. The van der Waals surface area contributed by atoms with E-state index in [9.17, 15) is 4.79 Å². The van der Waals surface area contributed by atoms with Crippen molar-refractivity contribution in [2.45, 2.75) is 32.0 Å². The SMILES string of the molecule is Cc1nc(CCNC(=O)C(Br)C(C)C)cs1. The molecule has 1 atom stereocenters. The molecule has 90 valence electrons. The van der Waals surface area contributed by atoms with Gasteiger partial charge in [-0.3, -0.25) is 4.79 Å². The average Bonchev–Trinajstić information content (AvgIpc) is 2.62. The maximum Gasteiger partial charge on any atom is 0.234 e. The molecule has 1 aromatic heterocycles. The lowest BCUT2D eigenvalue weighted by molar-refractivity contribution is -0.121. The number of carbonyl (C=O) groups excluding carboxylic acids is 1. The van der Waals surface area contributed by atoms with Crippen LogP contribution in [0, 0.1) is 12.8 Å². The maximum absolute atomic E-state index is 11.6. The van der Waals surface area contributed by atoms with Gasteiger partial charge in [0.25, 0.3) is 0 Å². The van der Waals surface area contributed by atoms with Crippen molar-refractivity contribution in [2.75, 3.05) is 6.54 Å². The van der Waals surface area contributed by atoms with E-state index in [2.05, 4.69) is 26.2 Å². The van der Waals surface area contributed by atoms with Crippen LogP contribution in [0.3, 0.4) is 0 Å². The Morgan fingerprint density at radius 1 is 1.62 bits per heavy atom. The first-order valence-electron chi connectivity index (χ1n) is 5.33. The molecule has 16 heavy (non-hydrogen) atoms. The Morgan fingerprint density at radius 2 is 2.31 bits per heavy atom. The van der Waals surface area contributed by atoms with Crippen molar-refractivity contribution in [3.63, 3.8) is 0 Å². The van der Waals surface area contributed by atoms with E-state index in [1.54, 1.807) is 11.3 Å². The summed E-state index contributed by atoms with van der Waals surface area (Å²) in [7, 11) is 0. The van der Waals surface area contributed by atoms with E-state index in [1.165, 1.54) is 0 Å². The minimum Gasteiger partial charge on any atom is -0.355 e. The van der Waals surface area contributed by atoms with E-state index in [0.717, 1.165) is 17.1 Å². The van der Waals surface area contributed by atoms with Gasteiger partial charge in [0.1, 0.15) is 0 Å². The number of amides is 1. The van der Waals surface area contributed by atoms with Gasteiger partial charge in [-0.25, -0.2) is 4.98 Å². The van der Waals surface area contributed by atoms with Crippen LogP contribution in [0.25, 0.3) is 0 Å². The number of nitrogens with one attached hydrogen (secondary N) is 1. The van der Waals surface area contributed by atoms with Gasteiger partial charge in [-0.15, -0.1) is 11.3 Å². The molecule has 0 radical (unpaired) electrons. The van der Waals surface area contributed by atoms with E-state index in [-0.39, 0.29) is 10.7 Å². The Balaban J connectivity index is 2.28. The summed E-state index contributed by atoms with van der Waals surface area (Å²) in [5.74, 6) is 0.364. The molecule has 0 aliphatic rings. The van der Waals surface area contributed by atoms with Crippen LogP contribution in [0.5, 0.6) is 0 Å². The van der Waals surface area contributed by atoms with E-state index in [0.29, 0.717) is 12.5 Å². The van der Waals surface area contributed by atoms with Gasteiger partial charge < -0.3 is 5.32 Å². The Bertz CT molecular complexity index is 352. The third kappa shape index (κ3) is 4.22. The van der Waals surface area contributed by atoms with Crippen molar-refractivity contribution in [3.8, 4) is 0 Å². The number of halogens is 1. The lowest BCUT2D eigenvalue weighted by Crippen LogP contribution is -2.35. The zero-order valence-corrected chi connectivity index (χ0v) is 12.2. The van der Waals surface area contributed by atoms with Crippen molar-refractivity contribution in [1.29, 1.82) is 0 Å². The van der Waals surface area contributed by atoms with Crippen molar-refractivity contribution < 1.29 is 4.79 Å². The number of hydrogen-bond acceptors (Lipinski definition) is 3. The van der Waals surface area contributed by atoms with Crippen LogP contribution in [0.15, 0.2) is 5.38 Å². The smallest absolute Gasteiger partial charge is 0.234 e. The Hall–Kier alpha value is -0.420. The third-order valence-electron chi connectivity index (χ3n) is 2.18. The lowest BCUT2D eigenvalue weighted by atomic mass is 10.1. The van der Waals surface area contributed by atoms with Gasteiger partial charge in [0.05, 0.1) is 15.5 Å². The van der Waals surface area contributed by atoms with Gasteiger partial charge in [0, 0.05) is 18.3 Å². The zero-order valence-electron chi connectivity index (χ0n) is 9.79. The van der Waals surface area contributed by atoms with E-state index in [1.807, 2.05) is 26.2 Å². The highest BCUT2D eigenvalue weighted by molar-refractivity contribution is 9.10. The minimum atomic E-state index is -0.107. The standard InChI is InChI=1S/C11H17BrN2OS/c1-7(2)10(12)11(15)13-5-4-9-6-16-8(3)14-9/h6-7,10H,4-5H2,1-3H3,(H,13,15). The molecule has 1 heterocycles. The molecule has 0 fully saturated rings. The number of alkyl halides is 1. The number of nitrogens with zero attached hydrogens (tertiary/aromatic N) is 1. The second kappa shape index (κ2) is 6.35. The second-order valence-electron chi connectivity index (χ2n) is 4.04. The fourth-order valence-electron chi connectivity index (χ4n) is 1.24. The molecule has 5 heteroatoms. The first-order valence-corrected chi connectivity index (χ1v) is 7.13. The van der Waals surface area contributed by atoms with Crippen LogP contribution >= 0.6 is 27.3 Å². The summed E-state index contributed by atoms with van der Waals surface area (Å²) >= 11 is 5.01. The van der Waals surface area contributed by atoms with Crippen molar-refractivity contribution in [2.24, 2.45) is 5.92 Å². The molecule has 0 aliphatic carbocycles. The second-order valence-corrected chi connectivity index (χ2v) is 6.09. The van der Waals surface area contributed by atoms with Gasteiger partial charge in [-0.05, 0) is 12.8 Å². The van der Waals surface area contributed by atoms with Crippen molar-refractivity contribution in [3.05, 3.63) is 16.1 Å². The Morgan fingerprint density at radius 3 is 2.81 bits per heavy atom. The first kappa shape index (κ1) is 13.6. The van der Waals surface area contributed by atoms with Gasteiger partial charge >= 0.3 is 0 Å². The minimum absolute atomic E-state index is 0.0574. The molecule has 1 unspecified atom stereocenters. The number of carbonyl (C=O) groups is 1. The molecule has 1 aromatic rings. The fraction of sp³-hybridized carbons (Fsp3) is 0.636. The summed E-state index contributed by atoms with van der Waals surface area (Å²) in [4.78, 5) is 15.8.